The van der Waals surface area contributed by atoms with Gasteiger partial charge < -0.3 is 4.74 Å². The first-order valence-electron chi connectivity index (χ1n) is 8.26. The van der Waals surface area contributed by atoms with E-state index in [1.165, 1.54) is 28.7 Å². The minimum Gasteiger partial charge on any atom is -0.456 e. The molecule has 1 nitrogen and oxygen atoms in total. The Morgan fingerprint density at radius 2 is 1.43 bits per heavy atom. The first-order valence-corrected chi connectivity index (χ1v) is 8.26. The maximum Gasteiger partial charge on any atom is 0.135 e. The van der Waals surface area contributed by atoms with Crippen LogP contribution in [0.3, 0.4) is 0 Å². The van der Waals surface area contributed by atoms with E-state index in [4.69, 9.17) is 4.74 Å². The average Bonchev–Trinajstić information content (AvgIpc) is 2.63. The molecule has 0 N–H and O–H groups in total. The lowest BCUT2D eigenvalue weighted by atomic mass is 9.86. The Bertz CT molecular complexity index is 808. The average molecular weight is 300 g/mol. The Labute approximate surface area is 137 Å². The van der Waals surface area contributed by atoms with Crippen molar-refractivity contribution >= 4 is 11.3 Å². The van der Waals surface area contributed by atoms with Gasteiger partial charge in [0.1, 0.15) is 11.5 Å². The number of allylic oxidation sites excluding steroid dienone is 4. The molecule has 1 aliphatic heterocycles. The van der Waals surface area contributed by atoms with Crippen LogP contribution >= 0.6 is 0 Å². The number of hydrogen-bond donors (Lipinski definition) is 0. The van der Waals surface area contributed by atoms with Crippen molar-refractivity contribution in [1.29, 1.82) is 0 Å². The van der Waals surface area contributed by atoms with Gasteiger partial charge in [-0.05, 0) is 49.0 Å². The molecule has 1 heterocycles. The highest BCUT2D eigenvalue weighted by Gasteiger charge is 2.25. The zero-order valence-corrected chi connectivity index (χ0v) is 13.4. The molecule has 4 rings (SSSR count). The molecule has 0 amide bonds. The second kappa shape index (κ2) is 5.92. The van der Waals surface area contributed by atoms with Gasteiger partial charge in [-0.25, -0.2) is 0 Å². The summed E-state index contributed by atoms with van der Waals surface area (Å²) in [6.45, 7) is 2.20. The van der Waals surface area contributed by atoms with Gasteiger partial charge in [0, 0.05) is 11.1 Å². The van der Waals surface area contributed by atoms with Crippen LogP contribution in [0.5, 0.6) is 0 Å². The van der Waals surface area contributed by atoms with Gasteiger partial charge in [0.25, 0.3) is 0 Å². The smallest absolute Gasteiger partial charge is 0.135 e. The van der Waals surface area contributed by atoms with E-state index in [1.54, 1.807) is 0 Å². The van der Waals surface area contributed by atoms with Crippen LogP contribution in [0, 0.1) is 0 Å². The van der Waals surface area contributed by atoms with Crippen LogP contribution in [0.1, 0.15) is 37.3 Å². The van der Waals surface area contributed by atoms with E-state index in [0.29, 0.717) is 0 Å². The molecule has 2 aromatic rings. The fourth-order valence-electron chi connectivity index (χ4n) is 3.40. The van der Waals surface area contributed by atoms with Crippen LogP contribution < -0.4 is 0 Å². The summed E-state index contributed by atoms with van der Waals surface area (Å²) in [5.74, 6) is 2.04. The second-order valence-corrected chi connectivity index (χ2v) is 6.20. The van der Waals surface area contributed by atoms with E-state index in [2.05, 4.69) is 67.6 Å². The molecule has 0 saturated heterocycles. The lowest BCUT2D eigenvalue weighted by molar-refractivity contribution is 0.369. The molecular formula is C22H20O. The molecule has 0 atom stereocenters. The summed E-state index contributed by atoms with van der Waals surface area (Å²) in [6.07, 6.45) is 5.64. The van der Waals surface area contributed by atoms with Gasteiger partial charge in [0.2, 0.25) is 0 Å². The van der Waals surface area contributed by atoms with Crippen LogP contribution in [-0.2, 0) is 4.74 Å². The fraction of sp³-hybridized carbons (Fsp3) is 0.182. The third-order valence-corrected chi connectivity index (χ3v) is 4.60. The molecular weight excluding hydrogens is 280 g/mol. The number of fused-ring (bicyclic) bond motifs is 1. The first kappa shape index (κ1) is 14.1. The molecule has 0 fully saturated rings. The Hall–Kier alpha value is -2.54. The molecule has 23 heavy (non-hydrogen) atoms. The fourth-order valence-corrected chi connectivity index (χ4v) is 3.40. The van der Waals surface area contributed by atoms with Crippen molar-refractivity contribution in [3.63, 3.8) is 0 Å². The lowest BCUT2D eigenvalue weighted by Gasteiger charge is -2.29. The SMILES string of the molecule is CC1=C2OC(c3ccccc3)=CC(c3ccccc3)=C2CCC1. The number of benzene rings is 2. The van der Waals surface area contributed by atoms with Crippen LogP contribution in [0.2, 0.25) is 0 Å². The molecule has 1 aliphatic carbocycles. The van der Waals surface area contributed by atoms with Crippen molar-refractivity contribution in [2.45, 2.75) is 26.2 Å². The lowest BCUT2D eigenvalue weighted by Crippen LogP contribution is -2.11. The summed E-state index contributed by atoms with van der Waals surface area (Å²) in [5, 5.41) is 0. The molecule has 114 valence electrons. The minimum absolute atomic E-state index is 0.949. The Morgan fingerprint density at radius 3 is 2.13 bits per heavy atom. The third kappa shape index (κ3) is 2.63. The van der Waals surface area contributed by atoms with Crippen molar-refractivity contribution in [3.8, 4) is 0 Å². The maximum atomic E-state index is 6.32. The van der Waals surface area contributed by atoms with Gasteiger partial charge in [-0.15, -0.1) is 0 Å². The van der Waals surface area contributed by atoms with Crippen LogP contribution in [-0.4, -0.2) is 0 Å². The number of ether oxygens (including phenoxy) is 1. The van der Waals surface area contributed by atoms with E-state index in [1.807, 2.05) is 6.07 Å². The summed E-state index contributed by atoms with van der Waals surface area (Å²) in [4.78, 5) is 0. The Balaban J connectivity index is 1.91. The number of rotatable bonds is 2. The summed E-state index contributed by atoms with van der Waals surface area (Å²) >= 11 is 0. The molecule has 0 unspecified atom stereocenters. The summed E-state index contributed by atoms with van der Waals surface area (Å²) in [6, 6.07) is 21.0. The standard InChI is InChI=1S/C22H20O/c1-16-9-8-14-19-20(17-10-4-2-5-11-17)15-21(23-22(16)19)18-12-6-3-7-13-18/h2-7,10-13,15H,8-9,14H2,1H3. The Kier molecular flexibility index (Phi) is 3.63. The predicted molar refractivity (Wildman–Crippen MR) is 95.4 cm³/mol. The van der Waals surface area contributed by atoms with Crippen molar-refractivity contribution in [2.24, 2.45) is 0 Å². The predicted octanol–water partition coefficient (Wildman–Crippen LogP) is 5.97. The summed E-state index contributed by atoms with van der Waals surface area (Å²) in [7, 11) is 0. The van der Waals surface area contributed by atoms with E-state index >= 15 is 0 Å². The van der Waals surface area contributed by atoms with Gasteiger partial charge >= 0.3 is 0 Å². The molecule has 0 spiro atoms. The van der Waals surface area contributed by atoms with Crippen molar-refractivity contribution in [3.05, 3.63) is 94.8 Å². The van der Waals surface area contributed by atoms with E-state index in [-0.39, 0.29) is 0 Å². The van der Waals surface area contributed by atoms with Gasteiger partial charge in [0.05, 0.1) is 0 Å². The summed E-state index contributed by atoms with van der Waals surface area (Å²) in [5.41, 5.74) is 6.43. The Morgan fingerprint density at radius 1 is 0.783 bits per heavy atom. The van der Waals surface area contributed by atoms with Crippen LogP contribution in [0.4, 0.5) is 0 Å². The van der Waals surface area contributed by atoms with Crippen molar-refractivity contribution in [2.75, 3.05) is 0 Å². The van der Waals surface area contributed by atoms with Crippen molar-refractivity contribution in [1.82, 2.24) is 0 Å². The van der Waals surface area contributed by atoms with Gasteiger partial charge in [-0.3, -0.25) is 0 Å². The van der Waals surface area contributed by atoms with Crippen LogP contribution in [0.15, 0.2) is 83.6 Å². The molecule has 1 heteroatoms. The largest absolute Gasteiger partial charge is 0.456 e. The first-order chi connectivity index (χ1) is 11.3. The van der Waals surface area contributed by atoms with Gasteiger partial charge in [-0.1, -0.05) is 60.7 Å². The second-order valence-electron chi connectivity index (χ2n) is 6.20. The van der Waals surface area contributed by atoms with Gasteiger partial charge in [0.15, 0.2) is 0 Å². The third-order valence-electron chi connectivity index (χ3n) is 4.60. The van der Waals surface area contributed by atoms with E-state index < -0.39 is 0 Å². The zero-order valence-electron chi connectivity index (χ0n) is 13.4. The topological polar surface area (TPSA) is 9.23 Å². The van der Waals surface area contributed by atoms with E-state index in [0.717, 1.165) is 29.9 Å². The molecule has 0 bridgehead atoms. The van der Waals surface area contributed by atoms with E-state index in [9.17, 15) is 0 Å². The van der Waals surface area contributed by atoms with Crippen LogP contribution in [0.25, 0.3) is 11.3 Å². The molecule has 0 radical (unpaired) electrons. The normalized spacial score (nSPS) is 17.5. The molecule has 0 saturated carbocycles. The monoisotopic (exact) mass is 300 g/mol. The maximum absolute atomic E-state index is 6.32. The highest BCUT2D eigenvalue weighted by molar-refractivity contribution is 5.88. The molecule has 2 aliphatic rings. The minimum atomic E-state index is 0.949. The van der Waals surface area contributed by atoms with Gasteiger partial charge in [-0.2, -0.15) is 0 Å². The zero-order chi connectivity index (χ0) is 15.6. The number of hydrogen-bond acceptors (Lipinski definition) is 1. The highest BCUT2D eigenvalue weighted by Crippen LogP contribution is 2.42. The van der Waals surface area contributed by atoms with Crippen molar-refractivity contribution < 1.29 is 4.74 Å². The molecule has 0 aromatic heterocycles. The highest BCUT2D eigenvalue weighted by atomic mass is 16.5. The summed E-state index contributed by atoms with van der Waals surface area (Å²) < 4.78 is 6.32. The quantitative estimate of drug-likeness (QED) is 0.664. The molecule has 2 aromatic carbocycles.